The molecule has 3 aromatic rings. The summed E-state index contributed by atoms with van der Waals surface area (Å²) in [6.45, 7) is 6.93. The van der Waals surface area contributed by atoms with Crippen molar-refractivity contribution in [1.82, 2.24) is 19.4 Å². The third-order valence-corrected chi connectivity index (χ3v) is 11.0. The second-order valence-electron chi connectivity index (χ2n) is 12.0. The van der Waals surface area contributed by atoms with Crippen molar-refractivity contribution in [2.75, 3.05) is 46.3 Å². The van der Waals surface area contributed by atoms with Gasteiger partial charge in [-0.15, -0.1) is 6.58 Å². The maximum atomic E-state index is 13.5. The molecule has 0 spiro atoms. The Morgan fingerprint density at radius 2 is 1.70 bits per heavy atom. The smallest absolute Gasteiger partial charge is 0.255 e. The van der Waals surface area contributed by atoms with Gasteiger partial charge in [0.05, 0.1) is 28.4 Å². The molecule has 46 heavy (non-hydrogen) atoms. The first-order chi connectivity index (χ1) is 22.1. The summed E-state index contributed by atoms with van der Waals surface area (Å²) in [4.78, 5) is 33.0. The molecule has 0 aromatic heterocycles. The van der Waals surface area contributed by atoms with Crippen LogP contribution in [0.1, 0.15) is 34.3 Å². The Labute approximate surface area is 276 Å². The van der Waals surface area contributed by atoms with Crippen molar-refractivity contribution in [1.29, 1.82) is 0 Å². The number of aliphatic hydroxyl groups is 1. The summed E-state index contributed by atoms with van der Waals surface area (Å²) in [7, 11) is -2.19. The Morgan fingerprint density at radius 3 is 2.33 bits per heavy atom. The Balaban J connectivity index is 1.24. The van der Waals surface area contributed by atoms with Gasteiger partial charge in [-0.3, -0.25) is 9.59 Å². The Hall–Kier alpha value is -3.54. The Kier molecular flexibility index (Phi) is 10.6. The molecule has 2 aliphatic heterocycles. The van der Waals surface area contributed by atoms with Crippen LogP contribution in [0.5, 0.6) is 0 Å². The third-order valence-electron chi connectivity index (χ3n) is 9.19. The molecule has 0 radical (unpaired) electrons. The number of sulfonamides is 1. The summed E-state index contributed by atoms with van der Waals surface area (Å²) in [5.74, 6) is -0.456. The predicted octanol–water partition coefficient (Wildman–Crippen LogP) is 3.93. The molecule has 2 fully saturated rings. The molecule has 2 amide bonds. The number of benzene rings is 3. The molecule has 2 N–H and O–H groups in total. The van der Waals surface area contributed by atoms with Crippen molar-refractivity contribution in [2.45, 2.75) is 35.8 Å². The van der Waals surface area contributed by atoms with Gasteiger partial charge in [0.1, 0.15) is 5.60 Å². The third kappa shape index (κ3) is 7.37. The van der Waals surface area contributed by atoms with Crippen LogP contribution < -0.4 is 4.72 Å². The number of rotatable bonds is 11. The number of likely N-dealkylation sites (tertiary alicyclic amines) is 2. The summed E-state index contributed by atoms with van der Waals surface area (Å²) < 4.78 is 26.4. The molecule has 0 unspecified atom stereocenters. The number of halogens is 1. The molecule has 2 atom stereocenters. The lowest BCUT2D eigenvalue weighted by atomic mass is 9.83. The maximum Gasteiger partial charge on any atom is 0.255 e. The van der Waals surface area contributed by atoms with Gasteiger partial charge in [-0.05, 0) is 55.3 Å². The topological polar surface area (TPSA) is 110 Å². The standard InChI is InChI=1S/C35H41ClN4O5S/c1-3-19-40(33(41)22-26-13-15-30(16-14-26)46(44,45)37-2)29-17-20-38(21-18-29)23-28-24-39(34(42)31-11-7-8-12-32(31)36)25-35(28,43)27-9-5-4-6-10-27/h3-16,28-29,37,43H,1,17-25H2,2H3/t28-,35-/m0/s1. The molecule has 5 rings (SSSR count). The first-order valence-corrected chi connectivity index (χ1v) is 17.4. The van der Waals surface area contributed by atoms with Crippen molar-refractivity contribution >= 4 is 33.4 Å². The van der Waals surface area contributed by atoms with Crippen LogP contribution in [0.2, 0.25) is 5.02 Å². The van der Waals surface area contributed by atoms with Gasteiger partial charge < -0.3 is 19.8 Å². The molecule has 244 valence electrons. The molecule has 11 heteroatoms. The number of nitrogens with zero attached hydrogens (tertiary/aromatic N) is 3. The fourth-order valence-electron chi connectivity index (χ4n) is 6.62. The zero-order valence-electron chi connectivity index (χ0n) is 26.0. The van der Waals surface area contributed by atoms with E-state index in [4.69, 9.17) is 11.6 Å². The van der Waals surface area contributed by atoms with Gasteiger partial charge in [-0.1, -0.05) is 72.3 Å². The van der Waals surface area contributed by atoms with Crippen molar-refractivity contribution < 1.29 is 23.1 Å². The fourth-order valence-corrected chi connectivity index (χ4v) is 7.57. The van der Waals surface area contributed by atoms with E-state index in [9.17, 15) is 23.1 Å². The van der Waals surface area contributed by atoms with Crippen molar-refractivity contribution in [3.05, 3.63) is 113 Å². The summed E-state index contributed by atoms with van der Waals surface area (Å²) in [5.41, 5.74) is 0.724. The quantitative estimate of drug-likeness (QED) is 0.301. The van der Waals surface area contributed by atoms with Gasteiger partial charge in [0, 0.05) is 44.7 Å². The van der Waals surface area contributed by atoms with E-state index in [2.05, 4.69) is 16.2 Å². The Bertz CT molecular complexity index is 1640. The minimum absolute atomic E-state index is 0.0283. The van der Waals surface area contributed by atoms with E-state index in [1.54, 1.807) is 47.4 Å². The summed E-state index contributed by atoms with van der Waals surface area (Å²) in [6, 6.07) is 22.9. The summed E-state index contributed by atoms with van der Waals surface area (Å²) >= 11 is 6.36. The number of piperidine rings is 1. The minimum atomic E-state index is -3.55. The van der Waals surface area contributed by atoms with Crippen LogP contribution >= 0.6 is 11.6 Å². The van der Waals surface area contributed by atoms with Crippen LogP contribution in [0.4, 0.5) is 0 Å². The first kappa shape index (κ1) is 33.8. The molecule has 2 saturated heterocycles. The molecule has 0 bridgehead atoms. The lowest BCUT2D eigenvalue weighted by Gasteiger charge is -2.40. The largest absolute Gasteiger partial charge is 0.383 e. The zero-order chi connectivity index (χ0) is 32.9. The SMILES string of the molecule is C=CCN(C(=O)Cc1ccc(S(=O)(=O)NC)cc1)C1CCN(C[C@H]2CN(C(=O)c3ccccc3Cl)C[C@]2(O)c2ccccc2)CC1. The van der Waals surface area contributed by atoms with E-state index in [1.165, 1.54) is 19.2 Å². The number of β-amino-alcohol motifs (C(OH)–C–C–N with tert-alkyl or cyclic N) is 1. The van der Waals surface area contributed by atoms with Crippen LogP contribution in [0.3, 0.4) is 0 Å². The van der Waals surface area contributed by atoms with Gasteiger partial charge in [-0.25, -0.2) is 13.1 Å². The van der Waals surface area contributed by atoms with Crippen LogP contribution in [-0.2, 0) is 26.8 Å². The predicted molar refractivity (Wildman–Crippen MR) is 179 cm³/mol. The summed E-state index contributed by atoms with van der Waals surface area (Å²) in [5, 5.41) is 12.5. The van der Waals surface area contributed by atoms with Gasteiger partial charge in [0.25, 0.3) is 5.91 Å². The van der Waals surface area contributed by atoms with Crippen LogP contribution in [-0.4, -0.2) is 92.4 Å². The highest BCUT2D eigenvalue weighted by Crippen LogP contribution is 2.39. The average molecular weight is 665 g/mol. The van der Waals surface area contributed by atoms with E-state index < -0.39 is 15.6 Å². The van der Waals surface area contributed by atoms with E-state index in [0.717, 1.165) is 37.1 Å². The number of carbonyl (C=O) groups excluding carboxylic acids is 2. The van der Waals surface area contributed by atoms with E-state index in [1.807, 2.05) is 35.2 Å². The van der Waals surface area contributed by atoms with E-state index in [-0.39, 0.29) is 41.6 Å². The molecular formula is C35H41ClN4O5S. The molecule has 3 aromatic carbocycles. The summed E-state index contributed by atoms with van der Waals surface area (Å²) in [6.07, 6.45) is 3.42. The van der Waals surface area contributed by atoms with Gasteiger partial charge >= 0.3 is 0 Å². The average Bonchev–Trinajstić information content (AvgIpc) is 3.41. The second kappa shape index (κ2) is 14.5. The van der Waals surface area contributed by atoms with Crippen molar-refractivity contribution in [3.63, 3.8) is 0 Å². The molecule has 2 aliphatic rings. The van der Waals surface area contributed by atoms with Crippen LogP contribution in [0, 0.1) is 5.92 Å². The van der Waals surface area contributed by atoms with Gasteiger partial charge in [0.15, 0.2) is 0 Å². The molecule has 0 aliphatic carbocycles. The highest BCUT2D eigenvalue weighted by molar-refractivity contribution is 7.89. The van der Waals surface area contributed by atoms with Gasteiger partial charge in [0.2, 0.25) is 15.9 Å². The van der Waals surface area contributed by atoms with E-state index in [0.29, 0.717) is 30.2 Å². The number of carbonyl (C=O) groups is 2. The number of hydrogen-bond acceptors (Lipinski definition) is 6. The highest BCUT2D eigenvalue weighted by Gasteiger charge is 2.49. The fraction of sp³-hybridized carbons (Fsp3) is 0.371. The number of hydrogen-bond donors (Lipinski definition) is 2. The Morgan fingerprint density at radius 1 is 1.04 bits per heavy atom. The highest BCUT2D eigenvalue weighted by atomic mass is 35.5. The van der Waals surface area contributed by atoms with Crippen molar-refractivity contribution in [2.24, 2.45) is 5.92 Å². The molecule has 0 saturated carbocycles. The lowest BCUT2D eigenvalue weighted by molar-refractivity contribution is -0.133. The van der Waals surface area contributed by atoms with Crippen molar-refractivity contribution in [3.8, 4) is 0 Å². The van der Waals surface area contributed by atoms with Gasteiger partial charge in [-0.2, -0.15) is 0 Å². The molecular weight excluding hydrogens is 624 g/mol. The number of nitrogens with one attached hydrogen (secondary N) is 1. The second-order valence-corrected chi connectivity index (χ2v) is 14.3. The zero-order valence-corrected chi connectivity index (χ0v) is 27.6. The number of amides is 2. The molecule has 2 heterocycles. The molecule has 9 nitrogen and oxygen atoms in total. The monoisotopic (exact) mass is 664 g/mol. The lowest BCUT2D eigenvalue weighted by Crippen LogP contribution is -2.50. The van der Waals surface area contributed by atoms with Crippen LogP contribution in [0.15, 0.2) is 96.4 Å². The van der Waals surface area contributed by atoms with Crippen LogP contribution in [0.25, 0.3) is 0 Å². The minimum Gasteiger partial charge on any atom is -0.383 e. The first-order valence-electron chi connectivity index (χ1n) is 15.5. The normalized spacial score (nSPS) is 20.8. The van der Waals surface area contributed by atoms with E-state index >= 15 is 0 Å². The maximum absolute atomic E-state index is 13.5.